The van der Waals surface area contributed by atoms with Crippen LogP contribution in [0.4, 0.5) is 27.6 Å². The fraction of sp³-hybridized carbons (Fsp3) is 0.486. The number of anilines is 1. The summed E-state index contributed by atoms with van der Waals surface area (Å²) >= 11 is 0. The average molecular weight is 687 g/mol. The van der Waals surface area contributed by atoms with E-state index in [1.807, 2.05) is 11.9 Å². The normalized spacial score (nSPS) is 17.6. The van der Waals surface area contributed by atoms with E-state index in [0.717, 1.165) is 31.4 Å². The number of H-pyrrole nitrogens is 1. The predicted molar refractivity (Wildman–Crippen MR) is 174 cm³/mol. The lowest BCUT2D eigenvalue weighted by atomic mass is 9.69. The van der Waals surface area contributed by atoms with E-state index >= 15 is 4.39 Å². The second kappa shape index (κ2) is 13.6. The van der Waals surface area contributed by atoms with Crippen LogP contribution in [0.1, 0.15) is 56.1 Å². The molecule has 49 heavy (non-hydrogen) atoms. The van der Waals surface area contributed by atoms with Gasteiger partial charge in [0.05, 0.1) is 23.6 Å². The number of hydrogen-bond donors (Lipinski definition) is 2. The van der Waals surface area contributed by atoms with Crippen LogP contribution < -0.4 is 4.90 Å². The first kappa shape index (κ1) is 34.7. The highest BCUT2D eigenvalue weighted by atomic mass is 19.4. The van der Waals surface area contributed by atoms with E-state index in [-0.39, 0.29) is 41.6 Å². The van der Waals surface area contributed by atoms with Crippen molar-refractivity contribution in [2.45, 2.75) is 56.8 Å². The molecule has 0 bridgehead atoms. The van der Waals surface area contributed by atoms with Gasteiger partial charge < -0.3 is 24.6 Å². The molecule has 2 N–H and O–H groups in total. The van der Waals surface area contributed by atoms with Crippen LogP contribution in [0.5, 0.6) is 0 Å². The highest BCUT2D eigenvalue weighted by Gasteiger charge is 2.39. The summed E-state index contributed by atoms with van der Waals surface area (Å²) < 4.78 is 76.8. The van der Waals surface area contributed by atoms with Gasteiger partial charge in [-0.1, -0.05) is 12.5 Å². The maximum atomic E-state index is 16.0. The zero-order valence-corrected chi connectivity index (χ0v) is 27.4. The zero-order chi connectivity index (χ0) is 35.0. The Labute approximate surface area is 280 Å². The number of nitrogens with zero attached hydrogens (tertiary/aromatic N) is 5. The number of hydrogen-bond acceptors (Lipinski definition) is 7. The number of carbonyl (C=O) groups is 1. The number of fused-ring (bicyclic) bond motifs is 1. The van der Waals surface area contributed by atoms with Crippen molar-refractivity contribution in [3.05, 3.63) is 59.5 Å². The molecule has 1 aliphatic carbocycles. The van der Waals surface area contributed by atoms with Gasteiger partial charge in [0, 0.05) is 63.0 Å². The van der Waals surface area contributed by atoms with Crippen molar-refractivity contribution in [1.29, 1.82) is 0 Å². The van der Waals surface area contributed by atoms with Crippen LogP contribution in [0.2, 0.25) is 0 Å². The van der Waals surface area contributed by atoms with Crippen LogP contribution in [-0.2, 0) is 21.4 Å². The summed E-state index contributed by atoms with van der Waals surface area (Å²) in [5.41, 5.74) is -0.457. The van der Waals surface area contributed by atoms with Crippen molar-refractivity contribution in [3.63, 3.8) is 0 Å². The van der Waals surface area contributed by atoms with Crippen LogP contribution in [0.25, 0.3) is 33.9 Å². The number of aliphatic carboxylic acids is 1. The number of rotatable bonds is 12. The van der Waals surface area contributed by atoms with E-state index in [1.165, 1.54) is 6.20 Å². The Bertz CT molecular complexity index is 1800. The first-order valence-electron chi connectivity index (χ1n) is 16.4. The van der Waals surface area contributed by atoms with E-state index in [0.29, 0.717) is 73.6 Å². The number of likely N-dealkylation sites (tertiary alicyclic amines) is 1. The lowest BCUT2D eigenvalue weighted by Crippen LogP contribution is -2.44. The molecule has 0 radical (unpaired) electrons. The maximum Gasteiger partial charge on any atom is 0.416 e. The Kier molecular flexibility index (Phi) is 9.64. The van der Waals surface area contributed by atoms with Crippen LogP contribution in [0, 0.1) is 11.2 Å². The quantitative estimate of drug-likeness (QED) is 0.151. The van der Waals surface area contributed by atoms with Crippen LogP contribution >= 0.6 is 0 Å². The molecule has 3 aromatic heterocycles. The van der Waals surface area contributed by atoms with Crippen molar-refractivity contribution >= 4 is 22.8 Å². The molecule has 6 rings (SSSR count). The molecule has 2 fully saturated rings. The Morgan fingerprint density at radius 2 is 1.84 bits per heavy atom. The zero-order valence-electron chi connectivity index (χ0n) is 27.4. The molecule has 4 aromatic rings. The van der Waals surface area contributed by atoms with Crippen molar-refractivity contribution in [2.75, 3.05) is 51.8 Å². The van der Waals surface area contributed by atoms with Crippen LogP contribution in [0.15, 0.2) is 42.6 Å². The molecular weight excluding hydrogens is 647 g/mol. The predicted octanol–water partition coefficient (Wildman–Crippen LogP) is 7.22. The Balaban J connectivity index is 1.31. The molecule has 0 amide bonds. The van der Waals surface area contributed by atoms with Crippen molar-refractivity contribution in [3.8, 4) is 22.8 Å². The van der Waals surface area contributed by atoms with Crippen LogP contribution in [-0.4, -0.2) is 82.9 Å². The van der Waals surface area contributed by atoms with Gasteiger partial charge in [-0.25, -0.2) is 18.7 Å². The number of aromatic amines is 1. The van der Waals surface area contributed by atoms with E-state index in [4.69, 9.17) is 9.84 Å². The Morgan fingerprint density at radius 3 is 2.45 bits per heavy atom. The number of ether oxygens (including phenoxy) is 1. The monoisotopic (exact) mass is 686 g/mol. The lowest BCUT2D eigenvalue weighted by molar-refractivity contribution is -0.138. The van der Waals surface area contributed by atoms with Crippen molar-refractivity contribution < 1.29 is 36.6 Å². The summed E-state index contributed by atoms with van der Waals surface area (Å²) in [5, 5.41) is 8.88. The van der Waals surface area contributed by atoms with E-state index in [2.05, 4.69) is 24.8 Å². The van der Waals surface area contributed by atoms with Gasteiger partial charge in [0.25, 0.3) is 0 Å². The minimum absolute atomic E-state index is 0.0349. The summed E-state index contributed by atoms with van der Waals surface area (Å²) in [6.07, 6.45) is 0.862. The SMILES string of the molecule is COCC1(CN(C)c2cc(-c3cc(F)cc(C(F)(F)F)c3)nc3nc(-c4ccc(C5(F)CCN(CCCC(=O)O)CC5)cn4)[nH]c23)CCC1. The fourth-order valence-corrected chi connectivity index (χ4v) is 7.03. The molecule has 0 unspecified atom stereocenters. The minimum atomic E-state index is -4.74. The molecule has 4 heterocycles. The summed E-state index contributed by atoms with van der Waals surface area (Å²) in [6, 6.07) is 7.33. The molecule has 262 valence electrons. The van der Waals surface area contributed by atoms with Gasteiger partial charge in [0.2, 0.25) is 0 Å². The van der Waals surface area contributed by atoms with Gasteiger partial charge >= 0.3 is 12.1 Å². The van der Waals surface area contributed by atoms with Crippen molar-refractivity contribution in [1.82, 2.24) is 24.8 Å². The summed E-state index contributed by atoms with van der Waals surface area (Å²) in [7, 11) is 3.54. The van der Waals surface area contributed by atoms with E-state index < -0.39 is 29.2 Å². The minimum Gasteiger partial charge on any atom is -0.481 e. The number of imidazole rings is 1. The Hall–Kier alpha value is -4.17. The maximum absolute atomic E-state index is 16.0. The van der Waals surface area contributed by atoms with E-state index in [1.54, 1.807) is 25.3 Å². The smallest absolute Gasteiger partial charge is 0.416 e. The summed E-state index contributed by atoms with van der Waals surface area (Å²) in [6.45, 7) is 2.78. The molecule has 1 saturated carbocycles. The number of pyridine rings is 2. The van der Waals surface area contributed by atoms with E-state index in [9.17, 15) is 22.4 Å². The van der Waals surface area contributed by atoms with Gasteiger partial charge in [-0.2, -0.15) is 13.2 Å². The number of halogens is 5. The van der Waals surface area contributed by atoms with Gasteiger partial charge in [0.1, 0.15) is 22.7 Å². The summed E-state index contributed by atoms with van der Waals surface area (Å²) in [4.78, 5) is 31.9. The second-order valence-electron chi connectivity index (χ2n) is 13.4. The van der Waals surface area contributed by atoms with Gasteiger partial charge in [-0.3, -0.25) is 9.78 Å². The lowest BCUT2D eigenvalue weighted by Gasteiger charge is -2.44. The standard InChI is InChI=1S/C35H39F5N6O3/c1-45(20-33(21-49-2)8-4-9-33)28-18-27(22-15-24(35(38,39)40)17-25(36)16-22)42-32-30(28)43-31(44-32)26-7-6-23(19-41-26)34(37)10-13-46(14-11-34)12-3-5-29(47)48/h6-7,15-19H,3-5,8-14,20-21H2,1-2H3,(H,47,48)(H,42,43,44). The summed E-state index contributed by atoms with van der Waals surface area (Å²) in [5.74, 6) is -1.54. The highest BCUT2D eigenvalue weighted by molar-refractivity contribution is 5.91. The third kappa shape index (κ3) is 7.54. The Morgan fingerprint density at radius 1 is 1.08 bits per heavy atom. The van der Waals surface area contributed by atoms with Gasteiger partial charge in [0.15, 0.2) is 11.5 Å². The third-order valence-electron chi connectivity index (χ3n) is 9.85. The number of aromatic nitrogens is 4. The molecule has 1 aliphatic heterocycles. The molecule has 0 spiro atoms. The molecule has 9 nitrogen and oxygen atoms in total. The average Bonchev–Trinajstić information content (AvgIpc) is 3.48. The number of carboxylic acids is 1. The number of methoxy groups -OCH3 is 1. The van der Waals surface area contributed by atoms with Gasteiger partial charge in [-0.05, 0) is 69.0 Å². The number of benzene rings is 1. The topological polar surface area (TPSA) is 107 Å². The molecule has 14 heteroatoms. The number of alkyl halides is 4. The highest BCUT2D eigenvalue weighted by Crippen LogP contribution is 2.44. The number of nitrogens with one attached hydrogen (secondary N) is 1. The number of piperidine rings is 1. The van der Waals surface area contributed by atoms with Gasteiger partial charge in [-0.15, -0.1) is 0 Å². The molecule has 1 saturated heterocycles. The number of carboxylic acid groups (broad SMARTS) is 1. The van der Waals surface area contributed by atoms with Crippen molar-refractivity contribution in [2.24, 2.45) is 5.41 Å². The fourth-order valence-electron chi connectivity index (χ4n) is 7.03. The molecular formula is C35H39F5N6O3. The largest absolute Gasteiger partial charge is 0.481 e. The third-order valence-corrected chi connectivity index (χ3v) is 9.85. The van der Waals surface area contributed by atoms with Crippen LogP contribution in [0.3, 0.4) is 0 Å². The molecule has 2 aliphatic rings. The molecule has 0 atom stereocenters. The molecule has 1 aromatic carbocycles. The second-order valence-corrected chi connectivity index (χ2v) is 13.4. The first-order chi connectivity index (χ1) is 23.3. The first-order valence-corrected chi connectivity index (χ1v) is 16.4.